The van der Waals surface area contributed by atoms with Gasteiger partial charge in [-0.1, -0.05) is 42.5 Å². The number of alkyl halides is 3. The second-order valence-electron chi connectivity index (χ2n) is 6.81. The maximum atomic E-state index is 13.0. The van der Waals surface area contributed by atoms with E-state index in [-0.39, 0.29) is 6.54 Å². The van der Waals surface area contributed by atoms with Crippen LogP contribution in [0.25, 0.3) is 0 Å². The molecule has 0 saturated carbocycles. The molecule has 0 fully saturated rings. The van der Waals surface area contributed by atoms with Crippen molar-refractivity contribution in [3.05, 3.63) is 98.2 Å². The summed E-state index contributed by atoms with van der Waals surface area (Å²) in [5.74, 6) is 0.333. The molecule has 0 aliphatic heterocycles. The Morgan fingerprint density at radius 3 is 2.24 bits per heavy atom. The van der Waals surface area contributed by atoms with Gasteiger partial charge < -0.3 is 4.90 Å². The molecule has 8 heteroatoms. The third-order valence-electron chi connectivity index (χ3n) is 4.63. The molecule has 0 bridgehead atoms. The molecule has 1 heterocycles. The fourth-order valence-corrected chi connectivity index (χ4v) is 3.09. The van der Waals surface area contributed by atoms with E-state index >= 15 is 0 Å². The largest absolute Gasteiger partial charge is 0.416 e. The molecule has 0 N–H and O–H groups in total. The van der Waals surface area contributed by atoms with Crippen molar-refractivity contribution in [3.63, 3.8) is 0 Å². The maximum Gasteiger partial charge on any atom is 0.416 e. The molecule has 0 amide bonds. The monoisotopic (exact) mass is 403 g/mol. The van der Waals surface area contributed by atoms with E-state index in [1.165, 1.54) is 29.8 Å². The number of halogens is 3. The van der Waals surface area contributed by atoms with Crippen LogP contribution < -0.4 is 16.1 Å². The molecule has 29 heavy (non-hydrogen) atoms. The smallest absolute Gasteiger partial charge is 0.356 e. The van der Waals surface area contributed by atoms with Crippen molar-refractivity contribution in [2.45, 2.75) is 19.3 Å². The zero-order chi connectivity index (χ0) is 21.2. The van der Waals surface area contributed by atoms with E-state index in [4.69, 9.17) is 0 Å². The summed E-state index contributed by atoms with van der Waals surface area (Å²) in [6.45, 7) is 0.335. The summed E-state index contributed by atoms with van der Waals surface area (Å²) in [6, 6.07) is 15.6. The average Bonchev–Trinajstić information content (AvgIpc) is 2.68. The molecule has 0 unspecified atom stereocenters. The van der Waals surface area contributed by atoms with Crippen LogP contribution in [0.1, 0.15) is 16.7 Å². The van der Waals surface area contributed by atoms with E-state index in [0.717, 1.165) is 22.3 Å². The Labute approximate surface area is 165 Å². The van der Waals surface area contributed by atoms with Crippen LogP contribution in [-0.4, -0.2) is 16.2 Å². The number of rotatable bonds is 5. The first-order valence-electron chi connectivity index (χ1n) is 8.89. The number of anilines is 1. The summed E-state index contributed by atoms with van der Waals surface area (Å²) in [6.07, 6.45) is -4.47. The predicted octanol–water partition coefficient (Wildman–Crippen LogP) is 3.25. The summed E-state index contributed by atoms with van der Waals surface area (Å²) < 4.78 is 41.3. The van der Waals surface area contributed by atoms with Gasteiger partial charge in [0.25, 0.3) is 5.56 Å². The van der Waals surface area contributed by atoms with Crippen LogP contribution in [0.5, 0.6) is 0 Å². The number of nitrogens with zero attached hydrogens (tertiary/aromatic N) is 3. The van der Waals surface area contributed by atoms with Crippen molar-refractivity contribution in [3.8, 4) is 0 Å². The molecule has 1 aromatic heterocycles. The molecule has 2 aromatic carbocycles. The maximum absolute atomic E-state index is 13.0. The van der Waals surface area contributed by atoms with Crippen LogP contribution in [0.4, 0.5) is 19.0 Å². The minimum absolute atomic E-state index is 0.0919. The molecule has 0 saturated heterocycles. The molecule has 152 valence electrons. The van der Waals surface area contributed by atoms with Crippen LogP contribution in [-0.2, 0) is 26.3 Å². The first-order valence-corrected chi connectivity index (χ1v) is 8.89. The van der Waals surface area contributed by atoms with E-state index in [9.17, 15) is 22.8 Å². The van der Waals surface area contributed by atoms with Gasteiger partial charge in [-0.15, -0.1) is 0 Å². The minimum Gasteiger partial charge on any atom is -0.356 e. The molecular weight excluding hydrogens is 383 g/mol. The lowest BCUT2D eigenvalue weighted by molar-refractivity contribution is -0.137. The van der Waals surface area contributed by atoms with E-state index in [0.29, 0.717) is 17.9 Å². The molecule has 0 atom stereocenters. The van der Waals surface area contributed by atoms with Gasteiger partial charge in [0.1, 0.15) is 5.82 Å². The first kappa shape index (κ1) is 20.4. The van der Waals surface area contributed by atoms with Crippen LogP contribution in [0.3, 0.4) is 0 Å². The zero-order valence-corrected chi connectivity index (χ0v) is 16.0. The van der Waals surface area contributed by atoms with Crippen molar-refractivity contribution < 1.29 is 13.2 Å². The fraction of sp³-hybridized carbons (Fsp3) is 0.238. The standard InChI is InChI=1S/C21H20F3N3O2/c1-25(13-15-7-4-3-5-8-15)18-12-19(28)26(2)20(29)27(18)14-16-9-6-10-17(11-16)21(22,23)24/h3-12H,13-14H2,1-2H3. The highest BCUT2D eigenvalue weighted by Gasteiger charge is 2.30. The Morgan fingerprint density at radius 2 is 1.59 bits per heavy atom. The highest BCUT2D eigenvalue weighted by Crippen LogP contribution is 2.29. The molecule has 3 rings (SSSR count). The minimum atomic E-state index is -4.47. The van der Waals surface area contributed by atoms with E-state index < -0.39 is 23.0 Å². The van der Waals surface area contributed by atoms with Crippen LogP contribution in [0.15, 0.2) is 70.3 Å². The number of hydrogen-bond acceptors (Lipinski definition) is 3. The second-order valence-corrected chi connectivity index (χ2v) is 6.81. The lowest BCUT2D eigenvalue weighted by Gasteiger charge is -2.24. The molecule has 0 aliphatic rings. The van der Waals surface area contributed by atoms with Crippen LogP contribution in [0, 0.1) is 0 Å². The highest BCUT2D eigenvalue weighted by atomic mass is 19.4. The van der Waals surface area contributed by atoms with Crippen LogP contribution >= 0.6 is 0 Å². The quantitative estimate of drug-likeness (QED) is 0.657. The Balaban J connectivity index is 2.03. The molecule has 5 nitrogen and oxygen atoms in total. The van der Waals surface area contributed by atoms with E-state index in [1.54, 1.807) is 11.9 Å². The summed E-state index contributed by atoms with van der Waals surface area (Å²) >= 11 is 0. The van der Waals surface area contributed by atoms with Gasteiger partial charge in [-0.2, -0.15) is 13.2 Å². The van der Waals surface area contributed by atoms with Crippen molar-refractivity contribution in [1.82, 2.24) is 9.13 Å². The van der Waals surface area contributed by atoms with Crippen LogP contribution in [0.2, 0.25) is 0 Å². The van der Waals surface area contributed by atoms with Crippen molar-refractivity contribution in [1.29, 1.82) is 0 Å². The first-order chi connectivity index (χ1) is 13.7. The lowest BCUT2D eigenvalue weighted by Crippen LogP contribution is -2.40. The summed E-state index contributed by atoms with van der Waals surface area (Å²) in [7, 11) is 3.07. The molecule has 0 spiro atoms. The van der Waals surface area contributed by atoms with E-state index in [2.05, 4.69) is 0 Å². The Bertz CT molecular complexity index is 1120. The summed E-state index contributed by atoms with van der Waals surface area (Å²) in [4.78, 5) is 26.6. The normalized spacial score (nSPS) is 11.5. The van der Waals surface area contributed by atoms with Gasteiger partial charge in [-0.25, -0.2) is 4.79 Å². The Kier molecular flexibility index (Phi) is 5.63. The van der Waals surface area contributed by atoms with Gasteiger partial charge in [-0.3, -0.25) is 13.9 Å². The lowest BCUT2D eigenvalue weighted by atomic mass is 10.1. The third kappa shape index (κ3) is 4.59. The van der Waals surface area contributed by atoms with Gasteiger partial charge in [0, 0.05) is 26.7 Å². The zero-order valence-electron chi connectivity index (χ0n) is 16.0. The van der Waals surface area contributed by atoms with Gasteiger partial charge in [0.2, 0.25) is 0 Å². The predicted molar refractivity (Wildman–Crippen MR) is 105 cm³/mol. The summed E-state index contributed by atoms with van der Waals surface area (Å²) in [5, 5.41) is 0. The van der Waals surface area contributed by atoms with Crippen molar-refractivity contribution in [2.75, 3.05) is 11.9 Å². The second kappa shape index (κ2) is 7.98. The van der Waals surface area contributed by atoms with Gasteiger partial charge in [0.05, 0.1) is 12.1 Å². The molecule has 0 radical (unpaired) electrons. The van der Waals surface area contributed by atoms with Gasteiger partial charge >= 0.3 is 11.9 Å². The third-order valence-corrected chi connectivity index (χ3v) is 4.63. The van der Waals surface area contributed by atoms with Gasteiger partial charge in [0.15, 0.2) is 0 Å². The average molecular weight is 403 g/mol. The molecular formula is C21H20F3N3O2. The Morgan fingerprint density at radius 1 is 0.931 bits per heavy atom. The fourth-order valence-electron chi connectivity index (χ4n) is 3.09. The topological polar surface area (TPSA) is 47.2 Å². The molecule has 0 aliphatic carbocycles. The van der Waals surface area contributed by atoms with Crippen molar-refractivity contribution in [2.24, 2.45) is 7.05 Å². The number of benzene rings is 2. The van der Waals surface area contributed by atoms with Crippen molar-refractivity contribution >= 4 is 5.82 Å². The Hall–Kier alpha value is -3.29. The SMILES string of the molecule is CN(Cc1ccccc1)c1cc(=O)n(C)c(=O)n1Cc1cccc(C(F)(F)F)c1. The summed E-state index contributed by atoms with van der Waals surface area (Å²) in [5.41, 5.74) is -0.578. The van der Waals surface area contributed by atoms with Gasteiger partial charge in [-0.05, 0) is 23.3 Å². The molecule has 3 aromatic rings. The van der Waals surface area contributed by atoms with E-state index in [1.807, 2.05) is 30.3 Å². The number of hydrogen-bond donors (Lipinski definition) is 0. The highest BCUT2D eigenvalue weighted by molar-refractivity contribution is 5.40. The number of aromatic nitrogens is 2.